The summed E-state index contributed by atoms with van der Waals surface area (Å²) in [5.74, 6) is -1.30. The molecular formula is C12H18N2O3S. The lowest BCUT2D eigenvalue weighted by molar-refractivity contribution is -0.141. The van der Waals surface area contributed by atoms with Crippen LogP contribution >= 0.6 is 11.3 Å². The van der Waals surface area contributed by atoms with E-state index in [0.29, 0.717) is 17.5 Å². The second-order valence-corrected chi connectivity index (χ2v) is 5.19. The van der Waals surface area contributed by atoms with Crippen LogP contribution in [0.1, 0.15) is 31.2 Å². The van der Waals surface area contributed by atoms with Gasteiger partial charge in [-0.2, -0.15) is 0 Å². The lowest BCUT2D eigenvalue weighted by Crippen LogP contribution is -2.35. The summed E-state index contributed by atoms with van der Waals surface area (Å²) in [6.07, 6.45) is 0.271. The van der Waals surface area contributed by atoms with E-state index in [1.165, 1.54) is 11.3 Å². The Labute approximate surface area is 110 Å². The van der Waals surface area contributed by atoms with E-state index in [0.717, 1.165) is 0 Å². The van der Waals surface area contributed by atoms with E-state index in [2.05, 4.69) is 10.6 Å². The molecule has 18 heavy (non-hydrogen) atoms. The number of aliphatic carboxylic acids is 1. The number of amides is 1. The number of carboxylic acid groups (broad SMARTS) is 1. The number of nitrogens with one attached hydrogen (secondary N) is 2. The highest BCUT2D eigenvalue weighted by molar-refractivity contribution is 7.10. The summed E-state index contributed by atoms with van der Waals surface area (Å²) in [7, 11) is 0. The summed E-state index contributed by atoms with van der Waals surface area (Å²) in [6.45, 7) is 4.52. The van der Waals surface area contributed by atoms with Crippen LogP contribution in [0.15, 0.2) is 17.5 Å². The predicted octanol–water partition coefficient (Wildman–Crippen LogP) is 1.38. The van der Waals surface area contributed by atoms with E-state index in [1.54, 1.807) is 17.5 Å². The summed E-state index contributed by atoms with van der Waals surface area (Å²) < 4.78 is 0. The molecule has 0 aromatic carbocycles. The van der Waals surface area contributed by atoms with Gasteiger partial charge in [0.25, 0.3) is 0 Å². The number of hydrogen-bond acceptors (Lipinski definition) is 4. The van der Waals surface area contributed by atoms with Gasteiger partial charge in [0.1, 0.15) is 0 Å². The van der Waals surface area contributed by atoms with E-state index in [4.69, 9.17) is 5.11 Å². The predicted molar refractivity (Wildman–Crippen MR) is 70.6 cm³/mol. The van der Waals surface area contributed by atoms with E-state index >= 15 is 0 Å². The molecule has 3 N–H and O–H groups in total. The summed E-state index contributed by atoms with van der Waals surface area (Å²) >= 11 is 1.32. The van der Waals surface area contributed by atoms with E-state index in [9.17, 15) is 9.59 Å². The van der Waals surface area contributed by atoms with Crippen molar-refractivity contribution in [1.29, 1.82) is 0 Å². The molecule has 0 saturated carbocycles. The first-order valence-corrected chi connectivity index (χ1v) is 6.67. The van der Waals surface area contributed by atoms with E-state index in [1.807, 2.05) is 13.8 Å². The van der Waals surface area contributed by atoms with Crippen LogP contribution in [-0.2, 0) is 9.59 Å². The van der Waals surface area contributed by atoms with Crippen LogP contribution in [0, 0.1) is 0 Å². The Balaban J connectivity index is 2.47. The molecule has 1 unspecified atom stereocenters. The van der Waals surface area contributed by atoms with Crippen molar-refractivity contribution in [1.82, 2.24) is 10.6 Å². The van der Waals surface area contributed by atoms with E-state index < -0.39 is 12.0 Å². The minimum atomic E-state index is -1.04. The zero-order valence-electron chi connectivity index (χ0n) is 10.5. The minimum Gasteiger partial charge on any atom is -0.479 e. The maximum atomic E-state index is 11.6. The van der Waals surface area contributed by atoms with Gasteiger partial charge in [0, 0.05) is 23.9 Å². The number of hydrogen-bond donors (Lipinski definition) is 3. The van der Waals surface area contributed by atoms with Gasteiger partial charge in [-0.15, -0.1) is 11.3 Å². The van der Waals surface area contributed by atoms with Gasteiger partial charge in [-0.25, -0.2) is 4.79 Å². The fraction of sp³-hybridized carbons (Fsp3) is 0.500. The first-order valence-electron chi connectivity index (χ1n) is 5.79. The van der Waals surface area contributed by atoms with Crippen molar-refractivity contribution in [2.24, 2.45) is 0 Å². The first-order chi connectivity index (χ1) is 8.50. The summed E-state index contributed by atoms with van der Waals surface area (Å²) in [5, 5.41) is 16.5. The van der Waals surface area contributed by atoms with Gasteiger partial charge in [-0.3, -0.25) is 4.79 Å². The smallest absolute Gasteiger partial charge is 0.331 e. The summed E-state index contributed by atoms with van der Waals surface area (Å²) in [5.41, 5.74) is 0. The van der Waals surface area contributed by atoms with Crippen LogP contribution in [0.4, 0.5) is 0 Å². The second-order valence-electron chi connectivity index (χ2n) is 4.21. The summed E-state index contributed by atoms with van der Waals surface area (Å²) in [4.78, 5) is 23.3. The molecule has 1 amide bonds. The minimum absolute atomic E-state index is 0.260. The fourth-order valence-electron chi connectivity index (χ4n) is 1.42. The standard InChI is InChI=1S/C12H18N2O3S/c1-8(2)13-6-5-10(15)14-11(12(16)17)9-4-3-7-18-9/h3-4,7-8,11,13H,5-6H2,1-2H3,(H,14,15)(H,16,17). The Kier molecular flexibility index (Phi) is 5.80. The molecule has 0 radical (unpaired) electrons. The Bertz CT molecular complexity index is 390. The van der Waals surface area contributed by atoms with Crippen molar-refractivity contribution < 1.29 is 14.7 Å². The van der Waals surface area contributed by atoms with Crippen molar-refractivity contribution in [3.8, 4) is 0 Å². The van der Waals surface area contributed by atoms with Gasteiger partial charge in [0.05, 0.1) is 0 Å². The van der Waals surface area contributed by atoms with Gasteiger partial charge < -0.3 is 15.7 Å². The molecular weight excluding hydrogens is 252 g/mol. The SMILES string of the molecule is CC(C)NCCC(=O)NC(C(=O)O)c1cccs1. The Morgan fingerprint density at radius 2 is 2.17 bits per heavy atom. The van der Waals surface area contributed by atoms with Crippen molar-refractivity contribution in [2.75, 3.05) is 6.54 Å². The van der Waals surface area contributed by atoms with Crippen LogP contribution in [0.25, 0.3) is 0 Å². The first kappa shape index (κ1) is 14.7. The molecule has 1 aromatic heterocycles. The quantitative estimate of drug-likeness (QED) is 0.699. The van der Waals surface area contributed by atoms with Crippen LogP contribution in [0.5, 0.6) is 0 Å². The van der Waals surface area contributed by atoms with Gasteiger partial charge in [0.2, 0.25) is 5.91 Å². The third-order valence-electron chi connectivity index (χ3n) is 2.28. The molecule has 1 rings (SSSR count). The molecule has 1 atom stereocenters. The molecule has 0 aliphatic heterocycles. The van der Waals surface area contributed by atoms with Crippen molar-refractivity contribution in [3.63, 3.8) is 0 Å². The molecule has 6 heteroatoms. The van der Waals surface area contributed by atoms with Gasteiger partial charge in [0.15, 0.2) is 6.04 Å². The second kappa shape index (κ2) is 7.13. The lowest BCUT2D eigenvalue weighted by atomic mass is 10.2. The van der Waals surface area contributed by atoms with Crippen molar-refractivity contribution in [2.45, 2.75) is 32.4 Å². The number of carbonyl (C=O) groups is 2. The highest BCUT2D eigenvalue weighted by Crippen LogP contribution is 2.19. The van der Waals surface area contributed by atoms with Gasteiger partial charge in [-0.05, 0) is 11.4 Å². The highest BCUT2D eigenvalue weighted by atomic mass is 32.1. The van der Waals surface area contributed by atoms with Gasteiger partial charge >= 0.3 is 5.97 Å². The molecule has 5 nitrogen and oxygen atoms in total. The molecule has 0 saturated heterocycles. The normalized spacial score (nSPS) is 12.4. The molecule has 1 aromatic rings. The Morgan fingerprint density at radius 3 is 2.67 bits per heavy atom. The van der Waals surface area contributed by atoms with Crippen LogP contribution < -0.4 is 10.6 Å². The molecule has 0 aliphatic carbocycles. The fourth-order valence-corrected chi connectivity index (χ4v) is 2.18. The average Bonchev–Trinajstić information content (AvgIpc) is 2.78. The zero-order chi connectivity index (χ0) is 13.5. The summed E-state index contributed by atoms with van der Waals surface area (Å²) in [6, 6.07) is 2.83. The maximum absolute atomic E-state index is 11.6. The Hall–Kier alpha value is -1.40. The monoisotopic (exact) mass is 270 g/mol. The molecule has 0 aliphatic rings. The van der Waals surface area contributed by atoms with Crippen molar-refractivity contribution in [3.05, 3.63) is 22.4 Å². The molecule has 0 bridgehead atoms. The maximum Gasteiger partial charge on any atom is 0.331 e. The molecule has 1 heterocycles. The van der Waals surface area contributed by atoms with Gasteiger partial charge in [-0.1, -0.05) is 19.9 Å². The lowest BCUT2D eigenvalue weighted by Gasteiger charge is -2.13. The largest absolute Gasteiger partial charge is 0.479 e. The third kappa shape index (κ3) is 4.85. The molecule has 100 valence electrons. The van der Waals surface area contributed by atoms with E-state index in [-0.39, 0.29) is 12.3 Å². The highest BCUT2D eigenvalue weighted by Gasteiger charge is 2.22. The number of rotatable bonds is 7. The van der Waals surface area contributed by atoms with Crippen molar-refractivity contribution >= 4 is 23.2 Å². The topological polar surface area (TPSA) is 78.4 Å². The average molecular weight is 270 g/mol. The van der Waals surface area contributed by atoms with Crippen LogP contribution in [0.3, 0.4) is 0 Å². The Morgan fingerprint density at radius 1 is 1.44 bits per heavy atom. The van der Waals surface area contributed by atoms with Crippen LogP contribution in [0.2, 0.25) is 0 Å². The number of carbonyl (C=O) groups excluding carboxylic acids is 1. The molecule has 0 fully saturated rings. The third-order valence-corrected chi connectivity index (χ3v) is 3.22. The number of carboxylic acids is 1. The van der Waals surface area contributed by atoms with Crippen LogP contribution in [-0.4, -0.2) is 29.6 Å². The zero-order valence-corrected chi connectivity index (χ0v) is 11.3. The number of thiophene rings is 1. The molecule has 0 spiro atoms.